The number of pyridine rings is 1. The molecule has 0 saturated heterocycles. The molecule has 3 aromatic rings. The molecule has 21 heavy (non-hydrogen) atoms. The molecule has 0 atom stereocenters. The number of aromatic nitrogens is 1. The highest BCUT2D eigenvalue weighted by molar-refractivity contribution is 6.15. The molecule has 0 unspecified atom stereocenters. The predicted octanol–water partition coefficient (Wildman–Crippen LogP) is 3.88. The van der Waals surface area contributed by atoms with Gasteiger partial charge in [0, 0.05) is 22.7 Å². The standard InChI is InChI=1S/C16H8F3NO/c17-12-7-10(8-13(18)14(12)19)16(21)11-5-1-3-9-4-2-6-20-15(9)11/h1-8H. The zero-order chi connectivity index (χ0) is 15.0. The molecule has 0 saturated carbocycles. The molecule has 1 aromatic heterocycles. The molecule has 0 aliphatic carbocycles. The summed E-state index contributed by atoms with van der Waals surface area (Å²) in [4.78, 5) is 16.5. The largest absolute Gasteiger partial charge is 0.289 e. The molecular weight excluding hydrogens is 279 g/mol. The Morgan fingerprint density at radius 3 is 2.33 bits per heavy atom. The van der Waals surface area contributed by atoms with E-state index in [2.05, 4.69) is 4.98 Å². The van der Waals surface area contributed by atoms with Crippen LogP contribution in [0.4, 0.5) is 13.2 Å². The third-order valence-electron chi connectivity index (χ3n) is 3.12. The summed E-state index contributed by atoms with van der Waals surface area (Å²) in [5.74, 6) is -5.00. The van der Waals surface area contributed by atoms with Gasteiger partial charge >= 0.3 is 0 Å². The number of nitrogens with zero attached hydrogens (tertiary/aromatic N) is 1. The summed E-state index contributed by atoms with van der Waals surface area (Å²) in [6.45, 7) is 0. The Bertz CT molecular complexity index is 833. The van der Waals surface area contributed by atoms with Gasteiger partial charge in [-0.25, -0.2) is 13.2 Å². The van der Waals surface area contributed by atoms with E-state index in [0.717, 1.165) is 5.39 Å². The van der Waals surface area contributed by atoms with Crippen molar-refractivity contribution in [2.24, 2.45) is 0 Å². The summed E-state index contributed by atoms with van der Waals surface area (Å²) >= 11 is 0. The zero-order valence-electron chi connectivity index (χ0n) is 10.6. The monoisotopic (exact) mass is 287 g/mol. The smallest absolute Gasteiger partial charge is 0.195 e. The maximum absolute atomic E-state index is 13.2. The van der Waals surface area contributed by atoms with Crippen molar-refractivity contribution < 1.29 is 18.0 Å². The van der Waals surface area contributed by atoms with E-state index in [4.69, 9.17) is 0 Å². The first-order valence-corrected chi connectivity index (χ1v) is 6.11. The van der Waals surface area contributed by atoms with Crippen LogP contribution in [-0.4, -0.2) is 10.8 Å². The van der Waals surface area contributed by atoms with Gasteiger partial charge in [-0.2, -0.15) is 0 Å². The molecule has 5 heteroatoms. The van der Waals surface area contributed by atoms with E-state index in [1.165, 1.54) is 12.3 Å². The van der Waals surface area contributed by atoms with Crippen molar-refractivity contribution in [3.05, 3.63) is 77.2 Å². The maximum Gasteiger partial charge on any atom is 0.195 e. The predicted molar refractivity (Wildman–Crippen MR) is 71.5 cm³/mol. The van der Waals surface area contributed by atoms with Crippen molar-refractivity contribution in [2.75, 3.05) is 0 Å². The van der Waals surface area contributed by atoms with E-state index < -0.39 is 23.2 Å². The lowest BCUT2D eigenvalue weighted by Crippen LogP contribution is -2.05. The third-order valence-corrected chi connectivity index (χ3v) is 3.12. The van der Waals surface area contributed by atoms with Crippen LogP contribution in [0.15, 0.2) is 48.7 Å². The topological polar surface area (TPSA) is 30.0 Å². The van der Waals surface area contributed by atoms with Crippen LogP contribution in [-0.2, 0) is 0 Å². The quantitative estimate of drug-likeness (QED) is 0.529. The number of benzene rings is 2. The molecule has 0 aliphatic heterocycles. The minimum atomic E-state index is -1.59. The zero-order valence-corrected chi connectivity index (χ0v) is 10.6. The van der Waals surface area contributed by atoms with Crippen molar-refractivity contribution in [3.63, 3.8) is 0 Å². The van der Waals surface area contributed by atoms with Crippen LogP contribution >= 0.6 is 0 Å². The second-order valence-electron chi connectivity index (χ2n) is 4.46. The van der Waals surface area contributed by atoms with E-state index in [1.54, 1.807) is 24.3 Å². The van der Waals surface area contributed by atoms with Crippen LogP contribution in [0.25, 0.3) is 10.9 Å². The summed E-state index contributed by atoms with van der Waals surface area (Å²) in [6, 6.07) is 9.78. The lowest BCUT2D eigenvalue weighted by Gasteiger charge is -2.06. The highest BCUT2D eigenvalue weighted by Gasteiger charge is 2.18. The number of hydrogen-bond acceptors (Lipinski definition) is 2. The van der Waals surface area contributed by atoms with Crippen molar-refractivity contribution in [2.45, 2.75) is 0 Å². The second-order valence-corrected chi connectivity index (χ2v) is 4.46. The molecule has 104 valence electrons. The van der Waals surface area contributed by atoms with Crippen LogP contribution in [0, 0.1) is 17.5 Å². The number of rotatable bonds is 2. The van der Waals surface area contributed by atoms with Gasteiger partial charge in [0.1, 0.15) is 0 Å². The fraction of sp³-hybridized carbons (Fsp3) is 0. The first-order chi connectivity index (χ1) is 10.1. The molecule has 1 heterocycles. The van der Waals surface area contributed by atoms with E-state index in [1.807, 2.05) is 0 Å². The Kier molecular flexibility index (Phi) is 3.17. The Morgan fingerprint density at radius 2 is 1.62 bits per heavy atom. The van der Waals surface area contributed by atoms with Gasteiger partial charge in [0.05, 0.1) is 5.52 Å². The van der Waals surface area contributed by atoms with Gasteiger partial charge in [0.15, 0.2) is 23.2 Å². The first kappa shape index (κ1) is 13.3. The van der Waals surface area contributed by atoms with Gasteiger partial charge in [0.2, 0.25) is 0 Å². The highest BCUT2D eigenvalue weighted by atomic mass is 19.2. The van der Waals surface area contributed by atoms with E-state index in [9.17, 15) is 18.0 Å². The number of fused-ring (bicyclic) bond motifs is 1. The van der Waals surface area contributed by atoms with Crippen LogP contribution in [0.5, 0.6) is 0 Å². The molecule has 0 N–H and O–H groups in total. The maximum atomic E-state index is 13.2. The summed E-state index contributed by atoms with van der Waals surface area (Å²) < 4.78 is 39.5. The molecule has 0 fully saturated rings. The first-order valence-electron chi connectivity index (χ1n) is 6.11. The Hall–Kier alpha value is -2.69. The van der Waals surface area contributed by atoms with Gasteiger partial charge in [-0.15, -0.1) is 0 Å². The van der Waals surface area contributed by atoms with Crippen molar-refractivity contribution in [1.82, 2.24) is 4.98 Å². The van der Waals surface area contributed by atoms with Crippen LogP contribution < -0.4 is 0 Å². The third kappa shape index (κ3) is 2.27. The molecule has 0 bridgehead atoms. The lowest BCUT2D eigenvalue weighted by molar-refractivity contribution is 0.103. The van der Waals surface area contributed by atoms with Gasteiger partial charge < -0.3 is 0 Å². The molecule has 2 aromatic carbocycles. The SMILES string of the molecule is O=C(c1cc(F)c(F)c(F)c1)c1cccc2cccnc12. The molecule has 0 amide bonds. The molecular formula is C16H8F3NO. The molecule has 0 spiro atoms. The van der Waals surface area contributed by atoms with E-state index in [0.29, 0.717) is 17.6 Å². The molecule has 3 rings (SSSR count). The summed E-state index contributed by atoms with van der Waals surface area (Å²) in [5.41, 5.74) is 0.373. The number of carbonyl (C=O) groups excluding carboxylic acids is 1. The molecule has 2 nitrogen and oxygen atoms in total. The summed E-state index contributed by atoms with van der Waals surface area (Å²) in [5, 5.41) is 0.728. The Morgan fingerprint density at radius 1 is 0.952 bits per heavy atom. The van der Waals surface area contributed by atoms with Crippen molar-refractivity contribution in [3.8, 4) is 0 Å². The minimum absolute atomic E-state index is 0.207. The number of para-hydroxylation sites is 1. The number of ketones is 1. The summed E-state index contributed by atoms with van der Waals surface area (Å²) in [6.07, 6.45) is 1.52. The lowest BCUT2D eigenvalue weighted by atomic mass is 10.00. The van der Waals surface area contributed by atoms with Gasteiger partial charge in [-0.05, 0) is 24.3 Å². The fourth-order valence-corrected chi connectivity index (χ4v) is 2.13. The Labute approximate surface area is 117 Å². The average molecular weight is 287 g/mol. The van der Waals surface area contributed by atoms with Gasteiger partial charge in [-0.3, -0.25) is 9.78 Å². The fourth-order valence-electron chi connectivity index (χ4n) is 2.13. The van der Waals surface area contributed by atoms with Crippen LogP contribution in [0.3, 0.4) is 0 Å². The van der Waals surface area contributed by atoms with Crippen molar-refractivity contribution in [1.29, 1.82) is 0 Å². The van der Waals surface area contributed by atoms with Crippen LogP contribution in [0.1, 0.15) is 15.9 Å². The number of halogens is 3. The number of carbonyl (C=O) groups is 1. The van der Waals surface area contributed by atoms with E-state index in [-0.39, 0.29) is 11.1 Å². The highest BCUT2D eigenvalue weighted by Crippen LogP contribution is 2.21. The minimum Gasteiger partial charge on any atom is -0.289 e. The van der Waals surface area contributed by atoms with Gasteiger partial charge in [0.25, 0.3) is 0 Å². The van der Waals surface area contributed by atoms with Gasteiger partial charge in [-0.1, -0.05) is 18.2 Å². The van der Waals surface area contributed by atoms with E-state index >= 15 is 0 Å². The Balaban J connectivity index is 2.17. The second kappa shape index (κ2) is 5.01. The summed E-state index contributed by atoms with van der Waals surface area (Å²) in [7, 11) is 0. The van der Waals surface area contributed by atoms with Crippen LogP contribution in [0.2, 0.25) is 0 Å². The number of hydrogen-bond donors (Lipinski definition) is 0. The normalized spacial score (nSPS) is 10.8. The molecule has 0 radical (unpaired) electrons. The average Bonchev–Trinajstić information content (AvgIpc) is 2.51. The molecule has 0 aliphatic rings. The van der Waals surface area contributed by atoms with Crippen molar-refractivity contribution >= 4 is 16.7 Å².